The van der Waals surface area contributed by atoms with Gasteiger partial charge in [-0.25, -0.2) is 0 Å². The third-order valence-corrected chi connectivity index (χ3v) is 20.5. The maximum atomic E-state index is 13.5. The van der Waals surface area contributed by atoms with Crippen LogP contribution >= 0.6 is 0 Å². The van der Waals surface area contributed by atoms with E-state index >= 15 is 0 Å². The molecule has 17 unspecified atom stereocenters. The van der Waals surface area contributed by atoms with Gasteiger partial charge in [0.1, 0.15) is 73.2 Å². The lowest BCUT2D eigenvalue weighted by atomic mass is 9.96. The highest BCUT2D eigenvalue weighted by atomic mass is 16.8. The summed E-state index contributed by atoms with van der Waals surface area (Å²) in [6.07, 6.45) is 80.7. The molecule has 0 aromatic rings. The van der Waals surface area contributed by atoms with E-state index in [2.05, 4.69) is 177 Å². The zero-order valence-corrected chi connectivity index (χ0v) is 69.3. The molecule has 113 heavy (non-hydrogen) atoms. The number of allylic oxidation sites excluding steroid dienone is 27. The van der Waals surface area contributed by atoms with Gasteiger partial charge in [-0.05, 0) is 122 Å². The standard InChI is InChI=1S/C94H155NO18/c1-3-5-7-9-11-13-15-17-19-21-23-25-27-29-31-33-34-35-36-37-38-39-40-41-42-44-46-48-50-52-54-56-58-60-62-64-66-68-70-72-82(100)95-77(78(99)71-69-67-65-63-61-59-57-55-53-51-49-47-45-43-32-30-28-26-24-22-20-18-16-14-12-10-8-6-4-2)76-108-92-88(106)85(103)90(80(74-97)110-92)113-94-89(107)86(104)91(81(75-98)111-94)112-93-87(105)84(102)83(101)79(73-96)109-93/h5,7,11,13,17,19,23,25,29,31,34-35,37-38,40-41,44,46,50,52,56,58,61-64,69,71,77-81,83-94,96-99,101-107H,3-4,6,8-10,12,14-16,18,20-22,24,26-28,30,32-33,36,39,42-43,45,47-49,51,53-55,57,59-60,65-68,70,72-76H2,1-2H3,(H,95,100)/b7-5-,13-11-,19-17-,25-23-,31-29-,35-34-,38-37-,41-40-,46-44-,52-50-,58-56-,63-61+,64-62-,71-69+. The minimum atomic E-state index is -2.00. The van der Waals surface area contributed by atoms with Gasteiger partial charge in [-0.1, -0.05) is 325 Å². The van der Waals surface area contributed by atoms with Crippen molar-refractivity contribution >= 4 is 5.91 Å². The second-order valence-electron chi connectivity index (χ2n) is 30.3. The van der Waals surface area contributed by atoms with Crippen LogP contribution in [0, 0.1) is 0 Å². The van der Waals surface area contributed by atoms with Crippen molar-refractivity contribution in [1.29, 1.82) is 0 Å². The van der Waals surface area contributed by atoms with Crippen molar-refractivity contribution in [3.63, 3.8) is 0 Å². The van der Waals surface area contributed by atoms with E-state index in [4.69, 9.17) is 28.4 Å². The predicted octanol–water partition coefficient (Wildman–Crippen LogP) is 16.5. The summed E-state index contributed by atoms with van der Waals surface area (Å²) in [6.45, 7) is 1.58. The molecule has 19 nitrogen and oxygen atoms in total. The molecule has 644 valence electrons. The number of hydrogen-bond donors (Lipinski definition) is 12. The van der Waals surface area contributed by atoms with Crippen molar-refractivity contribution in [3.8, 4) is 0 Å². The van der Waals surface area contributed by atoms with E-state index in [0.717, 1.165) is 109 Å². The van der Waals surface area contributed by atoms with Crippen molar-refractivity contribution in [2.75, 3.05) is 26.4 Å². The number of nitrogens with one attached hydrogen (secondary N) is 1. The van der Waals surface area contributed by atoms with Crippen LogP contribution in [0.1, 0.15) is 284 Å². The molecule has 3 fully saturated rings. The quantitative estimate of drug-likeness (QED) is 0.0199. The molecular weight excluding hydrogens is 1430 g/mol. The van der Waals surface area contributed by atoms with Gasteiger partial charge < -0.3 is 89.9 Å². The zero-order chi connectivity index (χ0) is 81.7. The van der Waals surface area contributed by atoms with Crippen LogP contribution in [0.2, 0.25) is 0 Å². The number of aliphatic hydroxyl groups is 11. The minimum Gasteiger partial charge on any atom is -0.394 e. The Hall–Kier alpha value is -4.85. The SMILES string of the molecule is CC/C=C\C/C=C\C/C=C\C/C=C\C/C=C\C/C=C\C/C=C\C/C=C\C/C=C\C/C=C\C/C=C\C/C=C\CCCCC(=O)NC(COC1OC(CO)C(OC2OC(CO)C(OC3OC(CO)C(O)C(O)C3O)C(O)C2O)C(O)C1O)C(O)/C=C/CC/C=C/CCCCCCCCCCCCCCCCCCCCCCCCC. The lowest BCUT2D eigenvalue weighted by Gasteiger charge is -2.48. The summed E-state index contributed by atoms with van der Waals surface area (Å²) in [4.78, 5) is 13.5. The number of unbranched alkanes of at least 4 members (excludes halogenated alkanes) is 26. The lowest BCUT2D eigenvalue weighted by molar-refractivity contribution is -0.379. The summed E-state index contributed by atoms with van der Waals surface area (Å²) in [5, 5.41) is 121. The van der Waals surface area contributed by atoms with E-state index in [1.54, 1.807) is 6.08 Å². The average Bonchev–Trinajstić information content (AvgIpc) is 0.780. The molecule has 0 aliphatic carbocycles. The monoisotopic (exact) mass is 1590 g/mol. The Morgan fingerprint density at radius 3 is 0.991 bits per heavy atom. The molecule has 3 rings (SSSR count). The fraction of sp³-hybridized carbons (Fsp3) is 0.691. The Bertz CT molecular complexity index is 2710. The van der Waals surface area contributed by atoms with Crippen molar-refractivity contribution < 1.29 is 89.4 Å². The predicted molar refractivity (Wildman–Crippen MR) is 456 cm³/mol. The third kappa shape index (κ3) is 49.9. The minimum absolute atomic E-state index is 0.169. The Labute approximate surface area is 681 Å². The Kier molecular flexibility index (Phi) is 64.6. The summed E-state index contributed by atoms with van der Waals surface area (Å²) < 4.78 is 34.4. The summed E-state index contributed by atoms with van der Waals surface area (Å²) >= 11 is 0. The Morgan fingerprint density at radius 2 is 0.619 bits per heavy atom. The van der Waals surface area contributed by atoms with Crippen molar-refractivity contribution in [1.82, 2.24) is 5.32 Å². The number of ether oxygens (including phenoxy) is 6. The molecule has 0 radical (unpaired) electrons. The van der Waals surface area contributed by atoms with E-state index in [1.807, 2.05) is 6.08 Å². The molecule has 0 aromatic heterocycles. The first-order valence-electron chi connectivity index (χ1n) is 43.9. The van der Waals surface area contributed by atoms with E-state index in [9.17, 15) is 61.0 Å². The normalized spacial score (nSPS) is 25.7. The largest absolute Gasteiger partial charge is 0.394 e. The van der Waals surface area contributed by atoms with Crippen molar-refractivity contribution in [2.45, 2.75) is 388 Å². The molecule has 17 atom stereocenters. The van der Waals surface area contributed by atoms with Gasteiger partial charge in [-0.15, -0.1) is 0 Å². The van der Waals surface area contributed by atoms with Gasteiger partial charge in [0.15, 0.2) is 18.9 Å². The topological polar surface area (TPSA) is 307 Å². The third-order valence-electron chi connectivity index (χ3n) is 20.5. The molecule has 3 saturated heterocycles. The first kappa shape index (κ1) is 102. The van der Waals surface area contributed by atoms with Crippen LogP contribution in [0.25, 0.3) is 0 Å². The van der Waals surface area contributed by atoms with Crippen LogP contribution in [0.4, 0.5) is 0 Å². The highest BCUT2D eigenvalue weighted by Crippen LogP contribution is 2.33. The molecule has 3 aliphatic rings. The van der Waals surface area contributed by atoms with Gasteiger partial charge in [0.2, 0.25) is 5.91 Å². The molecule has 12 N–H and O–H groups in total. The highest BCUT2D eigenvalue weighted by molar-refractivity contribution is 5.76. The molecule has 3 aliphatic heterocycles. The zero-order valence-electron chi connectivity index (χ0n) is 69.3. The summed E-state index contributed by atoms with van der Waals surface area (Å²) in [5.41, 5.74) is 0. The van der Waals surface area contributed by atoms with Gasteiger partial charge in [0, 0.05) is 6.42 Å². The van der Waals surface area contributed by atoms with Gasteiger partial charge in [-0.3, -0.25) is 4.79 Å². The van der Waals surface area contributed by atoms with E-state index in [-0.39, 0.29) is 12.3 Å². The van der Waals surface area contributed by atoms with Crippen LogP contribution in [-0.2, 0) is 33.2 Å². The van der Waals surface area contributed by atoms with Crippen LogP contribution in [0.5, 0.6) is 0 Å². The first-order chi connectivity index (χ1) is 55.3. The van der Waals surface area contributed by atoms with Crippen molar-refractivity contribution in [3.05, 3.63) is 170 Å². The summed E-state index contributed by atoms with van der Waals surface area (Å²) in [6, 6.07) is -1.03. The van der Waals surface area contributed by atoms with Gasteiger partial charge in [0.25, 0.3) is 0 Å². The second kappa shape index (κ2) is 71.3. The fourth-order valence-electron chi connectivity index (χ4n) is 13.5. The highest BCUT2D eigenvalue weighted by Gasteiger charge is 2.54. The molecule has 0 saturated carbocycles. The summed E-state index contributed by atoms with van der Waals surface area (Å²) in [7, 11) is 0. The fourth-order valence-corrected chi connectivity index (χ4v) is 13.5. The molecule has 0 bridgehead atoms. The van der Waals surface area contributed by atoms with Gasteiger partial charge >= 0.3 is 0 Å². The van der Waals surface area contributed by atoms with Crippen LogP contribution < -0.4 is 5.32 Å². The Morgan fingerprint density at radius 1 is 0.327 bits per heavy atom. The van der Waals surface area contributed by atoms with E-state index in [1.165, 1.54) is 141 Å². The lowest BCUT2D eigenvalue weighted by Crippen LogP contribution is -2.66. The molecule has 0 spiro atoms. The number of carbonyl (C=O) groups excluding carboxylic acids is 1. The van der Waals surface area contributed by atoms with Crippen LogP contribution in [0.3, 0.4) is 0 Å². The van der Waals surface area contributed by atoms with E-state index in [0.29, 0.717) is 12.8 Å². The first-order valence-corrected chi connectivity index (χ1v) is 43.9. The van der Waals surface area contributed by atoms with Gasteiger partial charge in [-0.2, -0.15) is 0 Å². The molecule has 1 amide bonds. The number of aliphatic hydroxyl groups excluding tert-OH is 11. The molecular formula is C94H155NO18. The number of amides is 1. The Balaban J connectivity index is 1.38. The van der Waals surface area contributed by atoms with Gasteiger partial charge in [0.05, 0.1) is 38.6 Å². The van der Waals surface area contributed by atoms with Crippen LogP contribution in [-0.4, -0.2) is 193 Å². The smallest absolute Gasteiger partial charge is 0.220 e. The summed E-state index contributed by atoms with van der Waals surface area (Å²) in [5.74, 6) is -0.332. The maximum absolute atomic E-state index is 13.5. The molecule has 0 aromatic carbocycles. The van der Waals surface area contributed by atoms with Crippen LogP contribution in [0.15, 0.2) is 170 Å². The average molecular weight is 1590 g/mol. The van der Waals surface area contributed by atoms with E-state index < -0.39 is 131 Å². The number of rotatable bonds is 68. The van der Waals surface area contributed by atoms with Crippen molar-refractivity contribution in [2.24, 2.45) is 0 Å². The maximum Gasteiger partial charge on any atom is 0.220 e. The molecule has 3 heterocycles. The molecule has 19 heteroatoms. The second-order valence-corrected chi connectivity index (χ2v) is 30.3. The number of hydrogen-bond acceptors (Lipinski definition) is 18. The number of carbonyl (C=O) groups is 1.